The Kier molecular flexibility index (Phi) is 4.65. The quantitative estimate of drug-likeness (QED) is 0.634. The predicted molar refractivity (Wildman–Crippen MR) is 106 cm³/mol. The maximum absolute atomic E-state index is 13.1. The van der Waals surface area contributed by atoms with Crippen molar-refractivity contribution in [2.24, 2.45) is 0 Å². The van der Waals surface area contributed by atoms with Gasteiger partial charge in [-0.2, -0.15) is 0 Å². The van der Waals surface area contributed by atoms with Crippen LogP contribution in [-0.4, -0.2) is 40.0 Å². The van der Waals surface area contributed by atoms with Crippen molar-refractivity contribution in [2.75, 3.05) is 13.2 Å². The smallest absolute Gasteiger partial charge is 0.269 e. The van der Waals surface area contributed by atoms with Gasteiger partial charge in [-0.15, -0.1) is 0 Å². The molecule has 144 valence electrons. The number of pyridine rings is 1. The van der Waals surface area contributed by atoms with E-state index in [1.165, 1.54) is 5.56 Å². The number of fused-ring (bicyclic) bond motifs is 1. The standard InChI is InChI=1S/C22H23N3O3/c1-15-11-18-8-7-17(12-16-5-3-2-4-6-16)13-25(18)19(15)20(27)24-22(14-26)9-10-23-21(22)28/h2-8,11,13,26H,9-10,12,14H2,1H3,(H,23,28)(H,24,27). The highest BCUT2D eigenvalue weighted by Gasteiger charge is 2.43. The lowest BCUT2D eigenvalue weighted by Gasteiger charge is -2.25. The van der Waals surface area contributed by atoms with Crippen LogP contribution < -0.4 is 10.6 Å². The fraction of sp³-hybridized carbons (Fsp3) is 0.273. The molecule has 0 saturated carbocycles. The number of benzene rings is 1. The van der Waals surface area contributed by atoms with Gasteiger partial charge in [0.05, 0.1) is 6.61 Å². The van der Waals surface area contributed by atoms with E-state index in [1.807, 2.05) is 47.9 Å². The Labute approximate surface area is 163 Å². The average Bonchev–Trinajstić information content (AvgIpc) is 3.21. The molecule has 1 atom stereocenters. The molecule has 3 aromatic rings. The number of rotatable bonds is 5. The molecule has 3 heterocycles. The van der Waals surface area contributed by atoms with Crippen LogP contribution in [0.4, 0.5) is 0 Å². The molecule has 2 amide bonds. The molecule has 28 heavy (non-hydrogen) atoms. The summed E-state index contributed by atoms with van der Waals surface area (Å²) < 4.78 is 1.86. The predicted octanol–water partition coefficient (Wildman–Crippen LogP) is 1.82. The van der Waals surface area contributed by atoms with Crippen molar-refractivity contribution >= 4 is 17.3 Å². The van der Waals surface area contributed by atoms with E-state index in [0.29, 0.717) is 18.7 Å². The van der Waals surface area contributed by atoms with Crippen molar-refractivity contribution in [3.63, 3.8) is 0 Å². The third-order valence-corrected chi connectivity index (χ3v) is 5.38. The summed E-state index contributed by atoms with van der Waals surface area (Å²) in [5, 5.41) is 15.2. The molecule has 6 nitrogen and oxygen atoms in total. The minimum Gasteiger partial charge on any atom is -0.393 e. The number of aryl methyl sites for hydroxylation is 1. The number of aromatic nitrogens is 1. The lowest BCUT2D eigenvalue weighted by Crippen LogP contribution is -2.56. The summed E-state index contributed by atoms with van der Waals surface area (Å²) in [6, 6.07) is 16.1. The van der Waals surface area contributed by atoms with Crippen LogP contribution >= 0.6 is 0 Å². The van der Waals surface area contributed by atoms with Gasteiger partial charge in [-0.05, 0) is 48.6 Å². The highest BCUT2D eigenvalue weighted by Crippen LogP contribution is 2.21. The van der Waals surface area contributed by atoms with Gasteiger partial charge >= 0.3 is 0 Å². The number of nitrogens with zero attached hydrogens (tertiary/aromatic N) is 1. The molecule has 3 N–H and O–H groups in total. The summed E-state index contributed by atoms with van der Waals surface area (Å²) >= 11 is 0. The highest BCUT2D eigenvalue weighted by atomic mass is 16.3. The molecule has 1 fully saturated rings. The number of aliphatic hydroxyl groups excluding tert-OH is 1. The van der Waals surface area contributed by atoms with Crippen LogP contribution in [-0.2, 0) is 11.2 Å². The number of aliphatic hydroxyl groups is 1. The van der Waals surface area contributed by atoms with Crippen molar-refractivity contribution in [1.82, 2.24) is 15.0 Å². The van der Waals surface area contributed by atoms with Gasteiger partial charge in [-0.1, -0.05) is 36.4 Å². The molecular weight excluding hydrogens is 354 g/mol. The maximum Gasteiger partial charge on any atom is 0.269 e. The van der Waals surface area contributed by atoms with E-state index >= 15 is 0 Å². The second kappa shape index (κ2) is 7.13. The Morgan fingerprint density at radius 1 is 1.21 bits per heavy atom. The van der Waals surface area contributed by atoms with Gasteiger partial charge in [0.2, 0.25) is 5.91 Å². The zero-order chi connectivity index (χ0) is 19.7. The van der Waals surface area contributed by atoms with Crippen LogP contribution in [0.25, 0.3) is 5.52 Å². The van der Waals surface area contributed by atoms with Crippen molar-refractivity contribution in [3.05, 3.63) is 77.1 Å². The van der Waals surface area contributed by atoms with Gasteiger partial charge in [0, 0.05) is 18.3 Å². The van der Waals surface area contributed by atoms with Gasteiger partial charge in [-0.25, -0.2) is 0 Å². The van der Waals surface area contributed by atoms with E-state index in [2.05, 4.69) is 28.8 Å². The first-order valence-corrected chi connectivity index (χ1v) is 9.39. The molecule has 1 aliphatic heterocycles. The average molecular weight is 377 g/mol. The van der Waals surface area contributed by atoms with Crippen LogP contribution in [0.1, 0.15) is 33.6 Å². The fourth-order valence-corrected chi connectivity index (χ4v) is 3.83. The van der Waals surface area contributed by atoms with Crippen LogP contribution in [0, 0.1) is 6.92 Å². The van der Waals surface area contributed by atoms with E-state index in [1.54, 1.807) is 0 Å². The van der Waals surface area contributed by atoms with Crippen LogP contribution in [0.2, 0.25) is 0 Å². The lowest BCUT2D eigenvalue weighted by molar-refractivity contribution is -0.125. The third kappa shape index (κ3) is 3.16. The van der Waals surface area contributed by atoms with E-state index in [-0.39, 0.29) is 11.8 Å². The molecule has 1 aliphatic rings. The highest BCUT2D eigenvalue weighted by molar-refractivity contribution is 6.00. The molecule has 0 bridgehead atoms. The molecule has 1 saturated heterocycles. The van der Waals surface area contributed by atoms with Crippen molar-refractivity contribution in [3.8, 4) is 0 Å². The molecule has 1 unspecified atom stereocenters. The number of carbonyl (C=O) groups excluding carboxylic acids is 2. The number of amides is 2. The molecule has 0 spiro atoms. The Morgan fingerprint density at radius 2 is 2.00 bits per heavy atom. The molecule has 1 aromatic carbocycles. The Hall–Kier alpha value is -3.12. The summed E-state index contributed by atoms with van der Waals surface area (Å²) in [5.41, 5.74) is 3.24. The fourth-order valence-electron chi connectivity index (χ4n) is 3.83. The van der Waals surface area contributed by atoms with E-state index < -0.39 is 12.1 Å². The summed E-state index contributed by atoms with van der Waals surface area (Å²) in [5.74, 6) is -0.702. The van der Waals surface area contributed by atoms with Crippen LogP contribution in [0.15, 0.2) is 54.7 Å². The van der Waals surface area contributed by atoms with Crippen molar-refractivity contribution < 1.29 is 14.7 Å². The van der Waals surface area contributed by atoms with Gasteiger partial charge in [0.25, 0.3) is 5.91 Å². The van der Waals surface area contributed by atoms with E-state index in [0.717, 1.165) is 23.1 Å². The first-order valence-electron chi connectivity index (χ1n) is 9.39. The number of nitrogens with one attached hydrogen (secondary N) is 2. The zero-order valence-corrected chi connectivity index (χ0v) is 15.7. The minimum atomic E-state index is -1.25. The number of carbonyl (C=O) groups is 2. The molecule has 2 aromatic heterocycles. The molecular formula is C22H23N3O3. The Morgan fingerprint density at radius 3 is 2.68 bits per heavy atom. The zero-order valence-electron chi connectivity index (χ0n) is 15.7. The van der Waals surface area contributed by atoms with Gasteiger partial charge in [0.1, 0.15) is 11.2 Å². The first kappa shape index (κ1) is 18.3. The normalized spacial score (nSPS) is 19.0. The second-order valence-corrected chi connectivity index (χ2v) is 7.37. The molecule has 4 rings (SSSR count). The topological polar surface area (TPSA) is 82.8 Å². The minimum absolute atomic E-state index is 0.341. The van der Waals surface area contributed by atoms with Crippen molar-refractivity contribution in [1.29, 1.82) is 0 Å². The summed E-state index contributed by atoms with van der Waals surface area (Å²) in [6.07, 6.45) is 3.10. The molecule has 0 aliphatic carbocycles. The van der Waals surface area contributed by atoms with Crippen molar-refractivity contribution in [2.45, 2.75) is 25.3 Å². The summed E-state index contributed by atoms with van der Waals surface area (Å²) in [4.78, 5) is 25.2. The second-order valence-electron chi connectivity index (χ2n) is 7.37. The van der Waals surface area contributed by atoms with Gasteiger partial charge < -0.3 is 20.1 Å². The lowest BCUT2D eigenvalue weighted by atomic mass is 9.98. The Bertz CT molecular complexity index is 1040. The SMILES string of the molecule is Cc1cc2ccc(Cc3ccccc3)cn2c1C(=O)NC1(CO)CCNC1=O. The summed E-state index contributed by atoms with van der Waals surface area (Å²) in [7, 11) is 0. The largest absolute Gasteiger partial charge is 0.393 e. The summed E-state index contributed by atoms with van der Waals surface area (Å²) in [6.45, 7) is 1.89. The van der Waals surface area contributed by atoms with Gasteiger partial charge in [-0.3, -0.25) is 9.59 Å². The van der Waals surface area contributed by atoms with E-state index in [4.69, 9.17) is 0 Å². The molecule has 0 radical (unpaired) electrons. The monoisotopic (exact) mass is 377 g/mol. The number of hydrogen-bond donors (Lipinski definition) is 3. The Balaban J connectivity index is 1.68. The van der Waals surface area contributed by atoms with Crippen LogP contribution in [0.3, 0.4) is 0 Å². The van der Waals surface area contributed by atoms with Gasteiger partial charge in [0.15, 0.2) is 0 Å². The maximum atomic E-state index is 13.1. The van der Waals surface area contributed by atoms with E-state index in [9.17, 15) is 14.7 Å². The third-order valence-electron chi connectivity index (χ3n) is 5.38. The first-order chi connectivity index (χ1) is 13.5. The number of hydrogen-bond acceptors (Lipinski definition) is 3. The molecule has 6 heteroatoms. The van der Waals surface area contributed by atoms with Crippen LogP contribution in [0.5, 0.6) is 0 Å².